The minimum absolute atomic E-state index is 0.273. The van der Waals surface area contributed by atoms with Gasteiger partial charge < -0.3 is 0 Å². The first kappa shape index (κ1) is 12.0. The van der Waals surface area contributed by atoms with Crippen molar-refractivity contribution in [2.75, 3.05) is 0 Å². The minimum Gasteiger partial charge on any atom is -0.233 e. The summed E-state index contributed by atoms with van der Waals surface area (Å²) in [4.78, 5) is 8.56. The third-order valence-electron chi connectivity index (χ3n) is 2.41. The van der Waals surface area contributed by atoms with Gasteiger partial charge in [0.25, 0.3) is 0 Å². The maximum atomic E-state index is 12.8. The molecule has 1 aromatic carbocycles. The molecule has 1 aromatic heterocycles. The predicted molar refractivity (Wildman–Crippen MR) is 66.5 cm³/mol. The Morgan fingerprint density at radius 1 is 1.12 bits per heavy atom. The van der Waals surface area contributed by atoms with Gasteiger partial charge in [0.1, 0.15) is 11.0 Å². The zero-order valence-electron chi connectivity index (χ0n) is 9.61. The zero-order chi connectivity index (χ0) is 12.4. The van der Waals surface area contributed by atoms with E-state index in [2.05, 4.69) is 9.97 Å². The molecule has 0 aliphatic carbocycles. The van der Waals surface area contributed by atoms with E-state index in [0.717, 1.165) is 11.3 Å². The molecule has 0 bridgehead atoms. The summed E-state index contributed by atoms with van der Waals surface area (Å²) in [6.45, 7) is 4.07. The third kappa shape index (κ3) is 2.80. The molecule has 2 nitrogen and oxygen atoms in total. The van der Waals surface area contributed by atoms with Gasteiger partial charge in [0, 0.05) is 11.3 Å². The molecular formula is C13H12ClFN2. The summed E-state index contributed by atoms with van der Waals surface area (Å²) in [6.07, 6.45) is 0. The molecule has 0 unspecified atom stereocenters. The van der Waals surface area contributed by atoms with E-state index >= 15 is 0 Å². The Hall–Kier alpha value is -1.48. The summed E-state index contributed by atoms with van der Waals surface area (Å²) in [5.41, 5.74) is 1.64. The van der Waals surface area contributed by atoms with E-state index < -0.39 is 0 Å². The topological polar surface area (TPSA) is 25.8 Å². The second kappa shape index (κ2) is 4.80. The van der Waals surface area contributed by atoms with Gasteiger partial charge in [0.2, 0.25) is 0 Å². The van der Waals surface area contributed by atoms with Crippen LogP contribution in [0.3, 0.4) is 0 Å². The van der Waals surface area contributed by atoms with Gasteiger partial charge in [-0.3, -0.25) is 0 Å². The van der Waals surface area contributed by atoms with Crippen LogP contribution in [0.25, 0.3) is 11.4 Å². The van der Waals surface area contributed by atoms with Crippen molar-refractivity contribution in [3.63, 3.8) is 0 Å². The van der Waals surface area contributed by atoms with Gasteiger partial charge in [-0.25, -0.2) is 14.4 Å². The van der Waals surface area contributed by atoms with Gasteiger partial charge >= 0.3 is 0 Å². The van der Waals surface area contributed by atoms with Crippen molar-refractivity contribution in [3.05, 3.63) is 47.0 Å². The lowest BCUT2D eigenvalue weighted by molar-refractivity contribution is 0.628. The predicted octanol–water partition coefficient (Wildman–Crippen LogP) is 4.06. The molecule has 0 atom stereocenters. The second-order valence-electron chi connectivity index (χ2n) is 4.10. The average molecular weight is 251 g/mol. The molecule has 4 heteroatoms. The van der Waals surface area contributed by atoms with Crippen LogP contribution in [0.4, 0.5) is 4.39 Å². The van der Waals surface area contributed by atoms with Crippen molar-refractivity contribution < 1.29 is 4.39 Å². The SMILES string of the molecule is CC(C)c1cc(Cl)nc(-c2ccc(F)cc2)n1. The second-order valence-corrected chi connectivity index (χ2v) is 4.49. The van der Waals surface area contributed by atoms with E-state index in [4.69, 9.17) is 11.6 Å². The van der Waals surface area contributed by atoms with Crippen molar-refractivity contribution in [3.8, 4) is 11.4 Å². The highest BCUT2D eigenvalue weighted by atomic mass is 35.5. The van der Waals surface area contributed by atoms with Gasteiger partial charge in [0.05, 0.1) is 0 Å². The summed E-state index contributed by atoms with van der Waals surface area (Å²) in [6, 6.07) is 7.80. The van der Waals surface area contributed by atoms with E-state index in [1.807, 2.05) is 13.8 Å². The molecular weight excluding hydrogens is 239 g/mol. The third-order valence-corrected chi connectivity index (χ3v) is 2.60. The normalized spacial score (nSPS) is 10.9. The van der Waals surface area contributed by atoms with Crippen LogP contribution in [0, 0.1) is 5.82 Å². The Morgan fingerprint density at radius 3 is 2.35 bits per heavy atom. The van der Waals surface area contributed by atoms with Crippen molar-refractivity contribution in [2.45, 2.75) is 19.8 Å². The Labute approximate surface area is 104 Å². The molecule has 0 spiro atoms. The van der Waals surface area contributed by atoms with Crippen LogP contribution < -0.4 is 0 Å². The fourth-order valence-electron chi connectivity index (χ4n) is 1.46. The molecule has 0 radical (unpaired) electrons. The Bertz CT molecular complexity index is 523. The first-order valence-electron chi connectivity index (χ1n) is 5.36. The van der Waals surface area contributed by atoms with E-state index in [1.165, 1.54) is 12.1 Å². The summed E-state index contributed by atoms with van der Waals surface area (Å²) in [5, 5.41) is 0.406. The molecule has 0 N–H and O–H groups in total. The molecule has 0 aliphatic heterocycles. The molecule has 0 saturated heterocycles. The highest BCUT2D eigenvalue weighted by Gasteiger charge is 2.08. The standard InChI is InChI=1S/C13H12ClFN2/c1-8(2)11-7-12(14)17-13(16-11)9-3-5-10(15)6-4-9/h3-8H,1-2H3. The van der Waals surface area contributed by atoms with Crippen LogP contribution in [0.15, 0.2) is 30.3 Å². The van der Waals surface area contributed by atoms with Gasteiger partial charge in [-0.05, 0) is 36.2 Å². The molecule has 2 aromatic rings. The molecule has 1 heterocycles. The van der Waals surface area contributed by atoms with Crippen LogP contribution in [-0.4, -0.2) is 9.97 Å². The first-order valence-corrected chi connectivity index (χ1v) is 5.74. The maximum absolute atomic E-state index is 12.8. The fourth-order valence-corrected chi connectivity index (χ4v) is 1.65. The van der Waals surface area contributed by atoms with Crippen LogP contribution in [0.1, 0.15) is 25.5 Å². The molecule has 0 aliphatic rings. The highest BCUT2D eigenvalue weighted by molar-refractivity contribution is 6.29. The number of hydrogen-bond acceptors (Lipinski definition) is 2. The number of rotatable bonds is 2. The molecule has 17 heavy (non-hydrogen) atoms. The Kier molecular flexibility index (Phi) is 3.38. The van der Waals surface area contributed by atoms with Gasteiger partial charge in [-0.15, -0.1) is 0 Å². The van der Waals surface area contributed by atoms with Crippen LogP contribution in [0.5, 0.6) is 0 Å². The molecule has 88 valence electrons. The van der Waals surface area contributed by atoms with E-state index in [0.29, 0.717) is 11.0 Å². The average Bonchev–Trinajstić information content (AvgIpc) is 2.29. The Balaban J connectivity index is 2.48. The van der Waals surface area contributed by atoms with Crippen LogP contribution in [0.2, 0.25) is 5.15 Å². The maximum Gasteiger partial charge on any atom is 0.161 e. The van der Waals surface area contributed by atoms with Gasteiger partial charge in [-0.2, -0.15) is 0 Å². The molecule has 0 fully saturated rings. The van der Waals surface area contributed by atoms with Crippen molar-refractivity contribution in [2.24, 2.45) is 0 Å². The highest BCUT2D eigenvalue weighted by Crippen LogP contribution is 2.21. The Morgan fingerprint density at radius 2 is 1.76 bits per heavy atom. The number of benzene rings is 1. The quantitative estimate of drug-likeness (QED) is 0.751. The summed E-state index contributed by atoms with van der Waals surface area (Å²) in [7, 11) is 0. The van der Waals surface area contributed by atoms with Gasteiger partial charge in [-0.1, -0.05) is 25.4 Å². The largest absolute Gasteiger partial charge is 0.233 e. The summed E-state index contributed by atoms with van der Waals surface area (Å²) >= 11 is 5.95. The van der Waals surface area contributed by atoms with Gasteiger partial charge in [0.15, 0.2) is 5.82 Å². The minimum atomic E-state index is -0.278. The molecule has 2 rings (SSSR count). The molecule has 0 saturated carbocycles. The van der Waals surface area contributed by atoms with Crippen LogP contribution in [-0.2, 0) is 0 Å². The van der Waals surface area contributed by atoms with Crippen molar-refractivity contribution in [1.82, 2.24) is 9.97 Å². The summed E-state index contributed by atoms with van der Waals surface area (Å²) < 4.78 is 12.8. The number of hydrogen-bond donors (Lipinski definition) is 0. The van der Waals surface area contributed by atoms with Crippen molar-refractivity contribution in [1.29, 1.82) is 0 Å². The smallest absolute Gasteiger partial charge is 0.161 e. The van der Waals surface area contributed by atoms with E-state index in [1.54, 1.807) is 18.2 Å². The fraction of sp³-hybridized carbons (Fsp3) is 0.231. The van der Waals surface area contributed by atoms with E-state index in [9.17, 15) is 4.39 Å². The first-order chi connectivity index (χ1) is 8.06. The number of halogens is 2. The number of aromatic nitrogens is 2. The zero-order valence-corrected chi connectivity index (χ0v) is 10.4. The van der Waals surface area contributed by atoms with Crippen LogP contribution >= 0.6 is 11.6 Å². The molecule has 0 amide bonds. The summed E-state index contributed by atoms with van der Waals surface area (Å²) in [5.74, 6) is 0.524. The van der Waals surface area contributed by atoms with E-state index in [-0.39, 0.29) is 11.7 Å². The van der Waals surface area contributed by atoms with Crippen molar-refractivity contribution >= 4 is 11.6 Å². The lowest BCUT2D eigenvalue weighted by Gasteiger charge is -2.07. The monoisotopic (exact) mass is 250 g/mol. The number of nitrogens with zero attached hydrogens (tertiary/aromatic N) is 2. The lowest BCUT2D eigenvalue weighted by atomic mass is 10.1. The lowest BCUT2D eigenvalue weighted by Crippen LogP contribution is -1.98.